The van der Waals surface area contributed by atoms with Crippen molar-refractivity contribution in [3.05, 3.63) is 41.6 Å². The van der Waals surface area contributed by atoms with E-state index in [1.807, 2.05) is 5.01 Å². The molecular formula is C19H20F3N7O2. The lowest BCUT2D eigenvalue weighted by Crippen LogP contribution is -2.53. The second-order valence-electron chi connectivity index (χ2n) is 7.77. The summed E-state index contributed by atoms with van der Waals surface area (Å²) in [5.41, 5.74) is 3.35. The number of hydrogen-bond acceptors (Lipinski definition) is 8. The van der Waals surface area contributed by atoms with Crippen LogP contribution in [-0.2, 0) is 11.0 Å². The van der Waals surface area contributed by atoms with E-state index in [2.05, 4.69) is 31.2 Å². The Kier molecular flexibility index (Phi) is 4.89. The summed E-state index contributed by atoms with van der Waals surface area (Å²) in [5, 5.41) is 12.0. The number of halogens is 3. The number of fused-ring (bicyclic) bond motifs is 1. The first-order chi connectivity index (χ1) is 14.9. The Hall–Kier alpha value is -2.99. The summed E-state index contributed by atoms with van der Waals surface area (Å²) in [7, 11) is 0. The highest BCUT2D eigenvalue weighted by Crippen LogP contribution is 2.35. The maximum absolute atomic E-state index is 13.0. The van der Waals surface area contributed by atoms with E-state index in [-0.39, 0.29) is 35.2 Å². The molecule has 31 heavy (non-hydrogen) atoms. The zero-order chi connectivity index (χ0) is 21.6. The summed E-state index contributed by atoms with van der Waals surface area (Å²) >= 11 is 0. The fourth-order valence-corrected chi connectivity index (χ4v) is 4.27. The Balaban J connectivity index is 1.39. The van der Waals surface area contributed by atoms with E-state index in [1.54, 1.807) is 6.08 Å². The van der Waals surface area contributed by atoms with E-state index >= 15 is 0 Å². The number of hydrogen-bond donors (Lipinski definition) is 3. The van der Waals surface area contributed by atoms with Gasteiger partial charge in [-0.2, -0.15) is 18.2 Å². The average molecular weight is 435 g/mol. The van der Waals surface area contributed by atoms with Gasteiger partial charge in [0.05, 0.1) is 11.5 Å². The molecule has 12 heteroatoms. The van der Waals surface area contributed by atoms with Gasteiger partial charge in [-0.15, -0.1) is 0 Å². The van der Waals surface area contributed by atoms with Gasteiger partial charge in [0.15, 0.2) is 0 Å². The molecule has 2 aromatic rings. The molecule has 3 aliphatic rings. The SMILES string of the molecule is O=C1C=C(C2CCNCC2)N2NCC(c3nc(-c4cc(C(F)(F)F)ccn4)no3)C2N1. The van der Waals surface area contributed by atoms with E-state index in [9.17, 15) is 18.0 Å². The fourth-order valence-electron chi connectivity index (χ4n) is 4.27. The molecule has 2 unspecified atom stereocenters. The van der Waals surface area contributed by atoms with Crippen molar-refractivity contribution in [3.8, 4) is 11.5 Å². The zero-order valence-electron chi connectivity index (χ0n) is 16.3. The summed E-state index contributed by atoms with van der Waals surface area (Å²) in [6.07, 6.45) is -0.381. The van der Waals surface area contributed by atoms with Crippen molar-refractivity contribution in [2.45, 2.75) is 31.1 Å². The molecule has 9 nitrogen and oxygen atoms in total. The third kappa shape index (κ3) is 3.76. The van der Waals surface area contributed by atoms with Gasteiger partial charge < -0.3 is 15.2 Å². The molecular weight excluding hydrogens is 415 g/mol. The first-order valence-electron chi connectivity index (χ1n) is 10.0. The highest BCUT2D eigenvalue weighted by atomic mass is 19.4. The number of nitrogens with zero attached hydrogens (tertiary/aromatic N) is 4. The van der Waals surface area contributed by atoms with Crippen LogP contribution in [0.5, 0.6) is 0 Å². The number of carbonyl (C=O) groups excluding carboxylic acids is 1. The maximum atomic E-state index is 13.0. The number of nitrogens with one attached hydrogen (secondary N) is 3. The molecule has 3 aliphatic heterocycles. The molecule has 164 valence electrons. The third-order valence-electron chi connectivity index (χ3n) is 5.82. The van der Waals surface area contributed by atoms with Gasteiger partial charge in [-0.1, -0.05) is 5.16 Å². The van der Waals surface area contributed by atoms with E-state index in [0.29, 0.717) is 6.54 Å². The lowest BCUT2D eigenvalue weighted by molar-refractivity contribution is -0.137. The Labute approximate surface area is 175 Å². The summed E-state index contributed by atoms with van der Waals surface area (Å²) in [4.78, 5) is 20.6. The van der Waals surface area contributed by atoms with Gasteiger partial charge in [0.25, 0.3) is 0 Å². The van der Waals surface area contributed by atoms with Crippen LogP contribution in [0.15, 0.2) is 34.6 Å². The molecule has 0 saturated carbocycles. The second-order valence-corrected chi connectivity index (χ2v) is 7.77. The molecule has 2 saturated heterocycles. The van der Waals surface area contributed by atoms with Crippen molar-refractivity contribution in [1.29, 1.82) is 0 Å². The Morgan fingerprint density at radius 1 is 1.23 bits per heavy atom. The smallest absolute Gasteiger partial charge is 0.338 e. The lowest BCUT2D eigenvalue weighted by Gasteiger charge is -2.38. The second kappa shape index (κ2) is 7.61. The van der Waals surface area contributed by atoms with Gasteiger partial charge in [0.1, 0.15) is 11.9 Å². The molecule has 2 atom stereocenters. The maximum Gasteiger partial charge on any atom is 0.416 e. The van der Waals surface area contributed by atoms with Crippen molar-refractivity contribution in [2.75, 3.05) is 19.6 Å². The molecule has 5 rings (SSSR count). The van der Waals surface area contributed by atoms with Crippen LogP contribution in [0.4, 0.5) is 13.2 Å². The van der Waals surface area contributed by atoms with Gasteiger partial charge in [-0.3, -0.25) is 14.8 Å². The number of amides is 1. The van der Waals surface area contributed by atoms with Crippen molar-refractivity contribution >= 4 is 5.91 Å². The predicted octanol–water partition coefficient (Wildman–Crippen LogP) is 1.39. The number of allylic oxidation sites excluding steroid dienone is 1. The largest absolute Gasteiger partial charge is 0.416 e. The van der Waals surface area contributed by atoms with Gasteiger partial charge in [-0.05, 0) is 38.1 Å². The minimum atomic E-state index is -4.50. The molecule has 2 fully saturated rings. The van der Waals surface area contributed by atoms with Crippen molar-refractivity contribution < 1.29 is 22.5 Å². The molecule has 0 aromatic carbocycles. The molecule has 0 spiro atoms. The van der Waals surface area contributed by atoms with Crippen molar-refractivity contribution in [1.82, 2.24) is 36.2 Å². The monoisotopic (exact) mass is 435 g/mol. The lowest BCUT2D eigenvalue weighted by atomic mass is 9.92. The molecule has 0 bridgehead atoms. The highest BCUT2D eigenvalue weighted by molar-refractivity contribution is 5.89. The Bertz CT molecular complexity index is 1020. The van der Waals surface area contributed by atoms with Gasteiger partial charge in [0, 0.05) is 30.4 Å². The van der Waals surface area contributed by atoms with Crippen LogP contribution in [0, 0.1) is 5.92 Å². The van der Waals surface area contributed by atoms with Gasteiger partial charge in [-0.25, -0.2) is 5.43 Å². The van der Waals surface area contributed by atoms with Crippen molar-refractivity contribution in [3.63, 3.8) is 0 Å². The third-order valence-corrected chi connectivity index (χ3v) is 5.82. The molecule has 0 aliphatic carbocycles. The minimum Gasteiger partial charge on any atom is -0.338 e. The molecule has 2 aromatic heterocycles. The number of rotatable bonds is 3. The molecule has 0 radical (unpaired) electrons. The quantitative estimate of drug-likeness (QED) is 0.664. The Morgan fingerprint density at radius 3 is 2.81 bits per heavy atom. The number of aromatic nitrogens is 3. The summed E-state index contributed by atoms with van der Waals surface area (Å²) in [5.74, 6) is -0.102. The summed E-state index contributed by atoms with van der Waals surface area (Å²) in [6, 6.07) is 1.77. The standard InChI is InChI=1S/C19H20F3N7O2/c20-19(21,22)11-3-6-24-13(7-11)16-27-18(31-28-16)12-9-25-29-14(8-15(30)26-17(12)29)10-1-4-23-5-2-10/h3,6-8,10,12,17,23,25H,1-2,4-5,9H2,(H,26,30). The van der Waals surface area contributed by atoms with Crippen LogP contribution in [0.25, 0.3) is 11.5 Å². The average Bonchev–Trinajstić information content (AvgIpc) is 3.40. The number of piperidine rings is 1. The van der Waals surface area contributed by atoms with Crippen LogP contribution >= 0.6 is 0 Å². The van der Waals surface area contributed by atoms with E-state index in [1.165, 1.54) is 0 Å². The molecule has 1 amide bonds. The number of pyridine rings is 1. The minimum absolute atomic E-state index is 0.0317. The van der Waals surface area contributed by atoms with Crippen LogP contribution in [0.2, 0.25) is 0 Å². The van der Waals surface area contributed by atoms with Crippen LogP contribution in [0.3, 0.4) is 0 Å². The number of carbonyl (C=O) groups is 1. The van der Waals surface area contributed by atoms with Crippen LogP contribution in [-0.4, -0.2) is 51.8 Å². The number of alkyl halides is 3. The van der Waals surface area contributed by atoms with E-state index in [0.717, 1.165) is 50.0 Å². The van der Waals surface area contributed by atoms with E-state index in [4.69, 9.17) is 4.52 Å². The Morgan fingerprint density at radius 2 is 2.03 bits per heavy atom. The zero-order valence-corrected chi connectivity index (χ0v) is 16.3. The predicted molar refractivity (Wildman–Crippen MR) is 101 cm³/mol. The molecule has 5 heterocycles. The highest BCUT2D eigenvalue weighted by Gasteiger charge is 2.44. The first-order valence-corrected chi connectivity index (χ1v) is 10.0. The summed E-state index contributed by atoms with van der Waals surface area (Å²) in [6.45, 7) is 2.22. The first kappa shape index (κ1) is 19.9. The topological polar surface area (TPSA) is 108 Å². The fraction of sp³-hybridized carbons (Fsp3) is 0.474. The van der Waals surface area contributed by atoms with E-state index < -0.39 is 17.9 Å². The van der Waals surface area contributed by atoms with Gasteiger partial charge in [0.2, 0.25) is 17.6 Å². The summed E-state index contributed by atoms with van der Waals surface area (Å²) < 4.78 is 44.3. The van der Waals surface area contributed by atoms with Crippen LogP contribution in [0.1, 0.15) is 30.2 Å². The molecule has 3 N–H and O–H groups in total. The number of hydrazine groups is 1. The van der Waals surface area contributed by atoms with Gasteiger partial charge >= 0.3 is 6.18 Å². The van der Waals surface area contributed by atoms with Crippen LogP contribution < -0.4 is 16.1 Å². The van der Waals surface area contributed by atoms with Crippen molar-refractivity contribution in [2.24, 2.45) is 5.92 Å². The normalized spacial score (nSPS) is 24.7.